The zero-order valence-electron chi connectivity index (χ0n) is 12.0. The third-order valence-electron chi connectivity index (χ3n) is 2.84. The van der Waals surface area contributed by atoms with Crippen molar-refractivity contribution >= 4 is 11.8 Å². The van der Waals surface area contributed by atoms with Crippen LogP contribution in [0.3, 0.4) is 0 Å². The first kappa shape index (κ1) is 16.2. The molecule has 0 fully saturated rings. The molecule has 0 aliphatic rings. The van der Waals surface area contributed by atoms with Gasteiger partial charge in [0.25, 0.3) is 0 Å². The van der Waals surface area contributed by atoms with Crippen molar-refractivity contribution in [2.45, 2.75) is 26.4 Å². The van der Waals surface area contributed by atoms with Gasteiger partial charge in [0.2, 0.25) is 11.8 Å². The highest BCUT2D eigenvalue weighted by Gasteiger charge is 2.20. The van der Waals surface area contributed by atoms with Gasteiger partial charge in [-0.2, -0.15) is 0 Å². The van der Waals surface area contributed by atoms with Crippen molar-refractivity contribution < 1.29 is 14.7 Å². The van der Waals surface area contributed by atoms with Gasteiger partial charge in [-0.25, -0.2) is 0 Å². The summed E-state index contributed by atoms with van der Waals surface area (Å²) in [6, 6.07) is 8.98. The number of nitrogens with zero attached hydrogens (tertiary/aromatic N) is 1. The van der Waals surface area contributed by atoms with E-state index in [0.29, 0.717) is 12.1 Å². The third-order valence-corrected chi connectivity index (χ3v) is 2.84. The number of hydrogen-bond donors (Lipinski definition) is 2. The van der Waals surface area contributed by atoms with Crippen molar-refractivity contribution in [3.8, 4) is 0 Å². The van der Waals surface area contributed by atoms with Gasteiger partial charge >= 0.3 is 0 Å². The number of amides is 2. The quantitative estimate of drug-likeness (QED) is 0.783. The monoisotopic (exact) mass is 278 g/mol. The second-order valence-corrected chi connectivity index (χ2v) is 5.27. The fraction of sp³-hybridized carbons (Fsp3) is 0.467. The lowest BCUT2D eigenvalue weighted by atomic mass is 10.1. The number of aliphatic hydroxyl groups excluding tert-OH is 1. The number of benzene rings is 1. The zero-order chi connectivity index (χ0) is 15.1. The normalized spacial score (nSPS) is 12.2. The molecule has 110 valence electrons. The standard InChI is InChI=1S/C15H22N2O3/c1-11(2)9-17(10-14(16)19)15(20)8-13(18)12-6-4-3-5-7-12/h3-7,11,13,18H,8-10H2,1-2H3,(H2,16,19). The van der Waals surface area contributed by atoms with Gasteiger partial charge < -0.3 is 15.7 Å². The predicted octanol–water partition coefficient (Wildman–Crippen LogP) is 1.08. The van der Waals surface area contributed by atoms with Crippen LogP contribution in [0.5, 0.6) is 0 Å². The summed E-state index contributed by atoms with van der Waals surface area (Å²) in [7, 11) is 0. The molecule has 0 aliphatic carbocycles. The van der Waals surface area contributed by atoms with E-state index in [2.05, 4.69) is 0 Å². The molecule has 0 aromatic heterocycles. The SMILES string of the molecule is CC(C)CN(CC(N)=O)C(=O)CC(O)c1ccccc1. The molecule has 20 heavy (non-hydrogen) atoms. The predicted molar refractivity (Wildman–Crippen MR) is 76.6 cm³/mol. The Hall–Kier alpha value is -1.88. The molecule has 5 nitrogen and oxygen atoms in total. The summed E-state index contributed by atoms with van der Waals surface area (Å²) in [6.07, 6.45) is -0.921. The Balaban J connectivity index is 2.67. The summed E-state index contributed by atoms with van der Waals surface area (Å²) in [4.78, 5) is 24.6. The highest BCUT2D eigenvalue weighted by atomic mass is 16.3. The number of aliphatic hydroxyl groups is 1. The summed E-state index contributed by atoms with van der Waals surface area (Å²) in [5.74, 6) is -0.589. The van der Waals surface area contributed by atoms with Crippen LogP contribution < -0.4 is 5.73 Å². The molecule has 5 heteroatoms. The molecule has 0 saturated carbocycles. The summed E-state index contributed by atoms with van der Waals surface area (Å²) in [5.41, 5.74) is 5.84. The van der Waals surface area contributed by atoms with E-state index in [1.54, 1.807) is 24.3 Å². The van der Waals surface area contributed by atoms with E-state index in [0.717, 1.165) is 0 Å². The van der Waals surface area contributed by atoms with Crippen molar-refractivity contribution in [2.24, 2.45) is 11.7 Å². The fourth-order valence-corrected chi connectivity index (χ4v) is 1.97. The minimum Gasteiger partial charge on any atom is -0.388 e. The first-order valence-corrected chi connectivity index (χ1v) is 6.69. The van der Waals surface area contributed by atoms with Crippen LogP contribution in [0, 0.1) is 5.92 Å². The molecule has 1 rings (SSSR count). The molecule has 0 radical (unpaired) electrons. The molecule has 0 aliphatic heterocycles. The highest BCUT2D eigenvalue weighted by molar-refractivity contribution is 5.84. The number of nitrogens with two attached hydrogens (primary N) is 1. The molecular formula is C15H22N2O3. The first-order chi connectivity index (χ1) is 9.40. The van der Waals surface area contributed by atoms with Crippen molar-refractivity contribution in [1.29, 1.82) is 0 Å². The van der Waals surface area contributed by atoms with Gasteiger partial charge in [-0.05, 0) is 11.5 Å². The summed E-state index contributed by atoms with van der Waals surface area (Å²) in [5, 5.41) is 10.0. The molecule has 0 heterocycles. The van der Waals surface area contributed by atoms with Crippen molar-refractivity contribution in [1.82, 2.24) is 4.90 Å². The van der Waals surface area contributed by atoms with E-state index < -0.39 is 12.0 Å². The Kier molecular flexibility index (Phi) is 6.18. The van der Waals surface area contributed by atoms with Crippen LogP contribution >= 0.6 is 0 Å². The second-order valence-electron chi connectivity index (χ2n) is 5.27. The Labute approximate surface area is 119 Å². The maximum absolute atomic E-state index is 12.2. The molecule has 1 atom stereocenters. The van der Waals surface area contributed by atoms with Crippen molar-refractivity contribution in [3.05, 3.63) is 35.9 Å². The molecule has 3 N–H and O–H groups in total. The van der Waals surface area contributed by atoms with E-state index in [1.165, 1.54) is 4.90 Å². The lowest BCUT2D eigenvalue weighted by molar-refractivity contribution is -0.137. The third kappa shape index (κ3) is 5.40. The first-order valence-electron chi connectivity index (χ1n) is 6.69. The molecule has 1 unspecified atom stereocenters. The summed E-state index contributed by atoms with van der Waals surface area (Å²) < 4.78 is 0. The highest BCUT2D eigenvalue weighted by Crippen LogP contribution is 2.17. The van der Waals surface area contributed by atoms with Crippen LogP contribution in [0.1, 0.15) is 31.9 Å². The van der Waals surface area contributed by atoms with Crippen LogP contribution in [0.15, 0.2) is 30.3 Å². The van der Waals surface area contributed by atoms with Crippen LogP contribution in [0.4, 0.5) is 0 Å². The van der Waals surface area contributed by atoms with E-state index in [1.807, 2.05) is 19.9 Å². The minimum atomic E-state index is -0.869. The molecule has 2 amide bonds. The number of primary amides is 1. The van der Waals surface area contributed by atoms with E-state index in [9.17, 15) is 14.7 Å². The zero-order valence-corrected chi connectivity index (χ0v) is 12.0. The minimum absolute atomic E-state index is 0.0516. The molecular weight excluding hydrogens is 256 g/mol. The van der Waals surface area contributed by atoms with E-state index in [-0.39, 0.29) is 24.8 Å². The van der Waals surface area contributed by atoms with Crippen LogP contribution in [-0.4, -0.2) is 34.9 Å². The Bertz CT molecular complexity index is 446. The van der Waals surface area contributed by atoms with Crippen molar-refractivity contribution in [2.75, 3.05) is 13.1 Å². The number of rotatable bonds is 7. The average Bonchev–Trinajstić information content (AvgIpc) is 2.37. The van der Waals surface area contributed by atoms with Crippen LogP contribution in [-0.2, 0) is 9.59 Å². The number of hydrogen-bond acceptors (Lipinski definition) is 3. The summed E-state index contributed by atoms with van der Waals surface area (Å²) in [6.45, 7) is 4.24. The number of carbonyl (C=O) groups is 2. The van der Waals surface area contributed by atoms with Crippen LogP contribution in [0.2, 0.25) is 0 Å². The molecule has 0 spiro atoms. The van der Waals surface area contributed by atoms with Gasteiger partial charge in [0.15, 0.2) is 0 Å². The fourth-order valence-electron chi connectivity index (χ4n) is 1.97. The van der Waals surface area contributed by atoms with Gasteiger partial charge in [-0.1, -0.05) is 44.2 Å². The topological polar surface area (TPSA) is 83.6 Å². The second kappa shape index (κ2) is 7.65. The van der Waals surface area contributed by atoms with Crippen LogP contribution in [0.25, 0.3) is 0 Å². The molecule has 0 saturated heterocycles. The van der Waals surface area contributed by atoms with Gasteiger partial charge in [0, 0.05) is 6.54 Å². The van der Waals surface area contributed by atoms with Gasteiger partial charge in [-0.3, -0.25) is 9.59 Å². The largest absolute Gasteiger partial charge is 0.388 e. The maximum Gasteiger partial charge on any atom is 0.237 e. The molecule has 1 aromatic rings. The van der Waals surface area contributed by atoms with E-state index in [4.69, 9.17) is 5.73 Å². The van der Waals surface area contributed by atoms with E-state index >= 15 is 0 Å². The summed E-state index contributed by atoms with van der Waals surface area (Å²) >= 11 is 0. The van der Waals surface area contributed by atoms with Crippen molar-refractivity contribution in [3.63, 3.8) is 0 Å². The smallest absolute Gasteiger partial charge is 0.237 e. The van der Waals surface area contributed by atoms with Gasteiger partial charge in [0.1, 0.15) is 0 Å². The Morgan fingerprint density at radius 2 is 1.85 bits per heavy atom. The molecule has 1 aromatic carbocycles. The molecule has 0 bridgehead atoms. The lowest BCUT2D eigenvalue weighted by Crippen LogP contribution is -2.41. The maximum atomic E-state index is 12.2. The average molecular weight is 278 g/mol. The Morgan fingerprint density at radius 1 is 1.25 bits per heavy atom. The number of carbonyl (C=O) groups excluding carboxylic acids is 2. The Morgan fingerprint density at radius 3 is 2.35 bits per heavy atom. The van der Waals surface area contributed by atoms with Gasteiger partial charge in [0.05, 0.1) is 19.1 Å². The lowest BCUT2D eigenvalue weighted by Gasteiger charge is -2.24. The van der Waals surface area contributed by atoms with Gasteiger partial charge in [-0.15, -0.1) is 0 Å².